The summed E-state index contributed by atoms with van der Waals surface area (Å²) in [4.78, 5) is 14.0. The van der Waals surface area contributed by atoms with Crippen molar-refractivity contribution in [3.63, 3.8) is 0 Å². The molecule has 1 aliphatic rings. The number of carbonyl (C=O) groups excluding carboxylic acids is 1. The first kappa shape index (κ1) is 24.4. The molecule has 0 amide bonds. The van der Waals surface area contributed by atoms with Crippen LogP contribution in [0.2, 0.25) is 10.0 Å². The maximum Gasteiger partial charge on any atom is 0.313 e. The summed E-state index contributed by atoms with van der Waals surface area (Å²) >= 11 is 21.0. The van der Waals surface area contributed by atoms with Crippen LogP contribution in [0.5, 0.6) is 5.75 Å². The van der Waals surface area contributed by atoms with Gasteiger partial charge >= 0.3 is 4.70 Å². The van der Waals surface area contributed by atoms with Gasteiger partial charge < -0.3 is 10.1 Å². The Balaban J connectivity index is 0.000000668. The summed E-state index contributed by atoms with van der Waals surface area (Å²) in [5.41, 5.74) is 3.18. The highest BCUT2D eigenvalue weighted by atomic mass is 35.5. The van der Waals surface area contributed by atoms with Gasteiger partial charge in [-0.1, -0.05) is 59.6 Å². The molecule has 4 nitrogen and oxygen atoms in total. The van der Waals surface area contributed by atoms with Gasteiger partial charge in [0.05, 0.1) is 18.2 Å². The molecular weight excluding hydrogens is 490 g/mol. The van der Waals surface area contributed by atoms with E-state index in [0.29, 0.717) is 16.7 Å². The van der Waals surface area contributed by atoms with Crippen molar-refractivity contribution in [2.75, 3.05) is 6.61 Å². The van der Waals surface area contributed by atoms with Crippen LogP contribution in [0.15, 0.2) is 77.8 Å². The Morgan fingerprint density at radius 3 is 2.00 bits per heavy atom. The van der Waals surface area contributed by atoms with Crippen molar-refractivity contribution in [2.45, 2.75) is 19.0 Å². The summed E-state index contributed by atoms with van der Waals surface area (Å²) < 4.78 is 4.92. The molecule has 2 atom stereocenters. The highest BCUT2D eigenvalue weighted by Gasteiger charge is 2.32. The lowest BCUT2D eigenvalue weighted by Crippen LogP contribution is -2.25. The van der Waals surface area contributed by atoms with Crippen molar-refractivity contribution in [3.05, 3.63) is 99.5 Å². The molecule has 3 aromatic carbocycles. The number of rotatable bonds is 5. The maximum atomic E-state index is 8.98. The fourth-order valence-corrected chi connectivity index (χ4v) is 3.68. The molecule has 0 aromatic heterocycles. The number of aliphatic imine (C=N–C) groups is 1. The highest BCUT2D eigenvalue weighted by Crippen LogP contribution is 2.38. The van der Waals surface area contributed by atoms with Gasteiger partial charge in [0, 0.05) is 10.0 Å². The maximum absolute atomic E-state index is 8.98. The minimum atomic E-state index is -0.889. The van der Waals surface area contributed by atoms with Gasteiger partial charge in [0.2, 0.25) is 0 Å². The van der Waals surface area contributed by atoms with Gasteiger partial charge in [0.15, 0.2) is 0 Å². The van der Waals surface area contributed by atoms with Gasteiger partial charge in [-0.25, -0.2) is 0 Å². The highest BCUT2D eigenvalue weighted by molar-refractivity contribution is 6.93. The first-order chi connectivity index (χ1) is 15.4. The van der Waals surface area contributed by atoms with E-state index < -0.39 is 4.70 Å². The third-order valence-corrected chi connectivity index (χ3v) is 5.26. The molecule has 3 aromatic rings. The zero-order chi connectivity index (χ0) is 23.1. The lowest BCUT2D eigenvalue weighted by molar-refractivity contribution is 0.275. The van der Waals surface area contributed by atoms with Crippen molar-refractivity contribution in [1.29, 1.82) is 0 Å². The predicted octanol–water partition coefficient (Wildman–Crippen LogP) is 7.81. The Kier molecular flexibility index (Phi) is 8.83. The summed E-state index contributed by atoms with van der Waals surface area (Å²) in [6.07, 6.45) is 0. The monoisotopic (exact) mass is 508 g/mol. The Labute approximate surface area is 207 Å². The fraction of sp³-hybridized carbons (Fsp3) is 0.167. The van der Waals surface area contributed by atoms with Crippen molar-refractivity contribution in [1.82, 2.24) is 5.32 Å². The van der Waals surface area contributed by atoms with Gasteiger partial charge in [-0.2, -0.15) is 0 Å². The Bertz CT molecular complexity index is 1080. The summed E-state index contributed by atoms with van der Waals surface area (Å²) in [5.74, 6) is 1.65. The van der Waals surface area contributed by atoms with Crippen LogP contribution in [0.25, 0.3) is 0 Å². The van der Waals surface area contributed by atoms with E-state index >= 15 is 0 Å². The number of hydrogen-bond acceptors (Lipinski definition) is 4. The molecule has 0 radical (unpaired) electrons. The van der Waals surface area contributed by atoms with Crippen LogP contribution < -0.4 is 10.1 Å². The van der Waals surface area contributed by atoms with Crippen LogP contribution in [0.3, 0.4) is 0 Å². The predicted molar refractivity (Wildman–Crippen MR) is 133 cm³/mol. The molecular formula is C24H20Cl4N2O2. The summed E-state index contributed by atoms with van der Waals surface area (Å²) in [7, 11) is 0. The lowest BCUT2D eigenvalue weighted by atomic mass is 9.95. The summed E-state index contributed by atoms with van der Waals surface area (Å²) in [6, 6.07) is 23.6. The van der Waals surface area contributed by atoms with Crippen LogP contribution in [-0.2, 0) is 0 Å². The van der Waals surface area contributed by atoms with Crippen molar-refractivity contribution in [3.8, 4) is 5.75 Å². The van der Waals surface area contributed by atoms with Gasteiger partial charge in [-0.3, -0.25) is 9.79 Å². The largest absolute Gasteiger partial charge is 0.493 e. The van der Waals surface area contributed by atoms with Crippen molar-refractivity contribution < 1.29 is 9.53 Å². The van der Waals surface area contributed by atoms with Gasteiger partial charge in [-0.15, -0.1) is 0 Å². The number of nitrogens with zero attached hydrogens (tertiary/aromatic N) is 1. The van der Waals surface area contributed by atoms with E-state index in [1.807, 2.05) is 79.7 Å². The molecule has 1 N–H and O–H groups in total. The lowest BCUT2D eigenvalue weighted by Gasteiger charge is -2.20. The molecule has 8 heteroatoms. The summed E-state index contributed by atoms with van der Waals surface area (Å²) in [6.45, 7) is 2.58. The van der Waals surface area contributed by atoms with Crippen LogP contribution >= 0.6 is 46.4 Å². The van der Waals surface area contributed by atoms with Crippen LogP contribution in [0.1, 0.15) is 35.7 Å². The van der Waals surface area contributed by atoms with Crippen LogP contribution in [0.4, 0.5) is 4.79 Å². The number of amidine groups is 1. The molecule has 0 aliphatic carbocycles. The first-order valence-corrected chi connectivity index (χ1v) is 11.3. The third kappa shape index (κ3) is 6.39. The number of benzene rings is 3. The number of nitrogens with one attached hydrogen (secondary N) is 1. The second-order valence-corrected chi connectivity index (χ2v) is 8.56. The smallest absolute Gasteiger partial charge is 0.313 e. The standard InChI is InChI=1S/C23H20Cl2N2O.CCl2O/c1-2-28-20-6-4-3-5-19(20)23-26-21(15-7-11-17(24)12-8-15)22(27-23)16-9-13-18(25)14-10-16;2-1(3)4/h3-14,21-22H,2H2,1H3,(H,26,27);/t21-,22+;. The van der Waals surface area contributed by atoms with Crippen LogP contribution in [0, 0.1) is 0 Å². The topological polar surface area (TPSA) is 50.7 Å². The second-order valence-electron chi connectivity index (χ2n) is 6.80. The second kappa shape index (κ2) is 11.6. The van der Waals surface area contributed by atoms with E-state index in [2.05, 4.69) is 28.5 Å². The normalized spacial score (nSPS) is 17.0. The number of para-hydroxylation sites is 1. The Morgan fingerprint density at radius 2 is 1.44 bits per heavy atom. The van der Waals surface area contributed by atoms with Gasteiger partial charge in [0.1, 0.15) is 17.6 Å². The van der Waals surface area contributed by atoms with E-state index in [9.17, 15) is 0 Å². The van der Waals surface area contributed by atoms with E-state index in [0.717, 1.165) is 28.3 Å². The van der Waals surface area contributed by atoms with E-state index in [1.54, 1.807) is 0 Å². The number of hydrogen-bond donors (Lipinski definition) is 1. The quantitative estimate of drug-likeness (QED) is 0.357. The van der Waals surface area contributed by atoms with Crippen LogP contribution in [-0.4, -0.2) is 17.1 Å². The van der Waals surface area contributed by atoms with E-state index in [4.69, 9.17) is 37.7 Å². The average Bonchev–Trinajstić information content (AvgIpc) is 3.20. The van der Waals surface area contributed by atoms with E-state index in [-0.39, 0.29) is 12.1 Å². The van der Waals surface area contributed by atoms with Gasteiger partial charge in [-0.05, 0) is 77.7 Å². The SMILES string of the molecule is CCOc1ccccc1C1=N[C@@H](c2ccc(Cl)cc2)[C@@H](c2ccc(Cl)cc2)N1.O=C(Cl)Cl. The zero-order valence-corrected chi connectivity index (χ0v) is 20.1. The Morgan fingerprint density at radius 1 is 0.906 bits per heavy atom. The zero-order valence-electron chi connectivity index (χ0n) is 17.1. The molecule has 0 unspecified atom stereocenters. The molecule has 166 valence electrons. The third-order valence-electron chi connectivity index (χ3n) is 4.76. The summed E-state index contributed by atoms with van der Waals surface area (Å²) in [5, 5.41) is 5.03. The van der Waals surface area contributed by atoms with Crippen molar-refractivity contribution >= 4 is 56.9 Å². The molecule has 4 rings (SSSR count). The Hall–Kier alpha value is -2.24. The molecule has 1 heterocycles. The molecule has 0 saturated heterocycles. The number of ether oxygens (including phenoxy) is 1. The average molecular weight is 510 g/mol. The van der Waals surface area contributed by atoms with E-state index in [1.165, 1.54) is 0 Å². The molecule has 32 heavy (non-hydrogen) atoms. The fourth-order valence-electron chi connectivity index (χ4n) is 3.43. The minimum absolute atomic E-state index is 0.0110. The molecule has 1 aliphatic heterocycles. The number of halogens is 4. The van der Waals surface area contributed by atoms with Gasteiger partial charge in [0.25, 0.3) is 0 Å². The van der Waals surface area contributed by atoms with Crippen molar-refractivity contribution in [2.24, 2.45) is 4.99 Å². The molecule has 0 spiro atoms. The molecule has 0 saturated carbocycles. The number of carbonyl (C=O) groups is 1. The first-order valence-electron chi connectivity index (χ1n) is 9.81. The minimum Gasteiger partial charge on any atom is -0.493 e. The molecule has 0 fully saturated rings. The molecule has 0 bridgehead atoms.